The third kappa shape index (κ3) is 4.34. The molecule has 5 heteroatoms. The van der Waals surface area contributed by atoms with Gasteiger partial charge >= 0.3 is 0 Å². The van der Waals surface area contributed by atoms with Crippen molar-refractivity contribution in [1.29, 1.82) is 0 Å². The first-order valence-corrected chi connectivity index (χ1v) is 9.83. The maximum atomic E-state index is 4.44. The van der Waals surface area contributed by atoms with Crippen molar-refractivity contribution in [2.24, 2.45) is 5.92 Å². The van der Waals surface area contributed by atoms with Crippen molar-refractivity contribution in [1.82, 2.24) is 19.7 Å². The first-order chi connectivity index (χ1) is 11.4. The second kappa shape index (κ2) is 8.48. The number of hydrogen-bond acceptors (Lipinski definition) is 4. The van der Waals surface area contributed by atoms with Gasteiger partial charge in [-0.1, -0.05) is 44.4 Å². The second-order valence-electron chi connectivity index (χ2n) is 6.33. The second-order valence-corrected chi connectivity index (χ2v) is 7.40. The normalized spacial score (nSPS) is 15.3. The molecule has 0 aromatic carbocycles. The summed E-state index contributed by atoms with van der Waals surface area (Å²) in [6.07, 6.45) is 13.2. The Morgan fingerprint density at radius 1 is 1.17 bits per heavy atom. The van der Waals surface area contributed by atoms with Crippen molar-refractivity contribution in [3.05, 3.63) is 24.5 Å². The van der Waals surface area contributed by atoms with E-state index in [0.29, 0.717) is 0 Å². The average molecular weight is 331 g/mol. The predicted octanol–water partition coefficient (Wildman–Crippen LogP) is 4.81. The van der Waals surface area contributed by atoms with E-state index in [2.05, 4.69) is 26.7 Å². The summed E-state index contributed by atoms with van der Waals surface area (Å²) in [5, 5.41) is 9.92. The van der Waals surface area contributed by atoms with Crippen molar-refractivity contribution in [2.45, 2.75) is 63.6 Å². The molecule has 0 spiro atoms. The van der Waals surface area contributed by atoms with E-state index in [1.54, 1.807) is 0 Å². The molecule has 23 heavy (non-hydrogen) atoms. The van der Waals surface area contributed by atoms with E-state index in [4.69, 9.17) is 0 Å². The highest BCUT2D eigenvalue weighted by molar-refractivity contribution is 7.99. The zero-order chi connectivity index (χ0) is 15.9. The fourth-order valence-corrected chi connectivity index (χ4v) is 4.30. The van der Waals surface area contributed by atoms with Crippen LogP contribution in [-0.2, 0) is 6.54 Å². The van der Waals surface area contributed by atoms with Crippen LogP contribution in [0.2, 0.25) is 0 Å². The molecule has 0 aliphatic heterocycles. The topological polar surface area (TPSA) is 43.6 Å². The average Bonchev–Trinajstić information content (AvgIpc) is 3.23. The van der Waals surface area contributed by atoms with Crippen LogP contribution in [0.5, 0.6) is 0 Å². The molecule has 2 aromatic rings. The van der Waals surface area contributed by atoms with Gasteiger partial charge in [0.25, 0.3) is 0 Å². The van der Waals surface area contributed by atoms with Crippen LogP contribution >= 0.6 is 11.8 Å². The van der Waals surface area contributed by atoms with E-state index in [9.17, 15) is 0 Å². The molecular formula is C18H26N4S. The van der Waals surface area contributed by atoms with Crippen molar-refractivity contribution in [3.8, 4) is 11.4 Å². The van der Waals surface area contributed by atoms with Gasteiger partial charge in [-0.25, -0.2) is 0 Å². The van der Waals surface area contributed by atoms with Gasteiger partial charge in [-0.3, -0.25) is 4.98 Å². The lowest BCUT2D eigenvalue weighted by Gasteiger charge is -2.10. The monoisotopic (exact) mass is 330 g/mol. The van der Waals surface area contributed by atoms with Crippen LogP contribution in [0.15, 0.2) is 29.7 Å². The number of pyridine rings is 1. The van der Waals surface area contributed by atoms with Crippen LogP contribution in [0.3, 0.4) is 0 Å². The van der Waals surface area contributed by atoms with E-state index >= 15 is 0 Å². The zero-order valence-corrected chi connectivity index (χ0v) is 14.8. The van der Waals surface area contributed by atoms with Gasteiger partial charge in [0, 0.05) is 30.3 Å². The predicted molar refractivity (Wildman–Crippen MR) is 95.5 cm³/mol. The molecular weight excluding hydrogens is 304 g/mol. The number of hydrogen-bond donors (Lipinski definition) is 0. The highest BCUT2D eigenvalue weighted by Crippen LogP contribution is 2.30. The van der Waals surface area contributed by atoms with Gasteiger partial charge in [-0.2, -0.15) is 0 Å². The van der Waals surface area contributed by atoms with Gasteiger partial charge in [0.05, 0.1) is 0 Å². The molecule has 1 saturated carbocycles. The summed E-state index contributed by atoms with van der Waals surface area (Å²) in [5.41, 5.74) is 1.10. The van der Waals surface area contributed by atoms with E-state index < -0.39 is 0 Å². The molecule has 124 valence electrons. The summed E-state index contributed by atoms with van der Waals surface area (Å²) >= 11 is 1.86. The first-order valence-electron chi connectivity index (χ1n) is 8.85. The molecule has 2 aromatic heterocycles. The van der Waals surface area contributed by atoms with Crippen LogP contribution in [-0.4, -0.2) is 25.5 Å². The molecule has 4 nitrogen and oxygen atoms in total. The Morgan fingerprint density at radius 2 is 1.96 bits per heavy atom. The summed E-state index contributed by atoms with van der Waals surface area (Å²) < 4.78 is 2.26. The summed E-state index contributed by atoms with van der Waals surface area (Å²) in [7, 11) is 0. The summed E-state index contributed by atoms with van der Waals surface area (Å²) in [6, 6.07) is 4.01. The molecule has 3 rings (SSSR count). The fourth-order valence-electron chi connectivity index (χ4n) is 3.37. The van der Waals surface area contributed by atoms with Gasteiger partial charge < -0.3 is 4.57 Å². The molecule has 1 fully saturated rings. The largest absolute Gasteiger partial charge is 0.302 e. The molecule has 0 radical (unpaired) electrons. The molecule has 0 bridgehead atoms. The Balaban J connectivity index is 1.61. The van der Waals surface area contributed by atoms with E-state index in [-0.39, 0.29) is 0 Å². The minimum absolute atomic E-state index is 0.965. The van der Waals surface area contributed by atoms with Crippen LogP contribution in [0.1, 0.15) is 51.9 Å². The molecule has 1 aliphatic carbocycles. The highest BCUT2D eigenvalue weighted by atomic mass is 32.2. The third-order valence-corrected chi connectivity index (χ3v) is 5.62. The minimum Gasteiger partial charge on any atom is -0.302 e. The maximum absolute atomic E-state index is 4.44. The summed E-state index contributed by atoms with van der Waals surface area (Å²) in [6.45, 7) is 3.17. The summed E-state index contributed by atoms with van der Waals surface area (Å²) in [5.74, 6) is 3.10. The van der Waals surface area contributed by atoms with Gasteiger partial charge in [0.2, 0.25) is 0 Å². The van der Waals surface area contributed by atoms with Crippen LogP contribution in [0.4, 0.5) is 0 Å². The lowest BCUT2D eigenvalue weighted by molar-refractivity contribution is 0.498. The Hall–Kier alpha value is -1.36. The van der Waals surface area contributed by atoms with Gasteiger partial charge in [0.1, 0.15) is 0 Å². The van der Waals surface area contributed by atoms with Gasteiger partial charge in [0.15, 0.2) is 11.0 Å². The SMILES string of the molecule is CCCn1c(SCCCC2CCCC2)nnc1-c1ccncc1. The fraction of sp³-hybridized carbons (Fsp3) is 0.611. The van der Waals surface area contributed by atoms with Crippen molar-refractivity contribution in [2.75, 3.05) is 5.75 Å². The number of nitrogens with zero attached hydrogens (tertiary/aromatic N) is 4. The molecule has 0 N–H and O–H groups in total. The quantitative estimate of drug-likeness (QED) is 0.514. The van der Waals surface area contributed by atoms with Crippen LogP contribution in [0.25, 0.3) is 11.4 Å². The highest BCUT2D eigenvalue weighted by Gasteiger charge is 2.16. The number of rotatable bonds is 8. The van der Waals surface area contributed by atoms with Crippen LogP contribution in [0, 0.1) is 5.92 Å². The van der Waals surface area contributed by atoms with E-state index in [0.717, 1.165) is 41.2 Å². The Bertz CT molecular complexity index is 590. The smallest absolute Gasteiger partial charge is 0.191 e. The Morgan fingerprint density at radius 3 is 2.70 bits per heavy atom. The minimum atomic E-state index is 0.965. The van der Waals surface area contributed by atoms with Gasteiger partial charge in [-0.15, -0.1) is 10.2 Å². The molecule has 0 atom stereocenters. The Kier molecular flexibility index (Phi) is 6.08. The molecule has 0 unspecified atom stereocenters. The third-order valence-electron chi connectivity index (χ3n) is 4.57. The zero-order valence-electron chi connectivity index (χ0n) is 13.9. The number of aromatic nitrogens is 4. The molecule has 0 amide bonds. The van der Waals surface area contributed by atoms with E-state index in [1.165, 1.54) is 38.5 Å². The number of thioether (sulfide) groups is 1. The van der Waals surface area contributed by atoms with Crippen LogP contribution < -0.4 is 0 Å². The maximum Gasteiger partial charge on any atom is 0.191 e. The lowest BCUT2D eigenvalue weighted by Crippen LogP contribution is -2.02. The van der Waals surface area contributed by atoms with Crippen molar-refractivity contribution >= 4 is 11.8 Å². The molecule has 1 aliphatic rings. The standard InChI is InChI=1S/C18H26N4S/c1-2-13-22-17(16-9-11-19-12-10-16)20-21-18(22)23-14-5-8-15-6-3-4-7-15/h9-12,15H,2-8,13-14H2,1H3. The lowest BCUT2D eigenvalue weighted by atomic mass is 10.0. The molecule has 0 saturated heterocycles. The van der Waals surface area contributed by atoms with Crippen molar-refractivity contribution in [3.63, 3.8) is 0 Å². The van der Waals surface area contributed by atoms with Crippen molar-refractivity contribution < 1.29 is 0 Å². The van der Waals surface area contributed by atoms with Gasteiger partial charge in [-0.05, 0) is 37.3 Å². The molecule has 2 heterocycles. The van der Waals surface area contributed by atoms with E-state index in [1.807, 2.05) is 36.3 Å². The Labute approximate surface area is 143 Å². The first kappa shape index (κ1) is 16.5. The summed E-state index contributed by atoms with van der Waals surface area (Å²) in [4.78, 5) is 4.09.